The van der Waals surface area contributed by atoms with Crippen LogP contribution in [0.25, 0.3) is 0 Å². The van der Waals surface area contributed by atoms with Gasteiger partial charge in [-0.2, -0.15) is 0 Å². The van der Waals surface area contributed by atoms with E-state index in [4.69, 9.17) is 9.47 Å². The third kappa shape index (κ3) is 9.92. The molecule has 0 aliphatic heterocycles. The molecule has 0 N–H and O–H groups in total. The predicted octanol–water partition coefficient (Wildman–Crippen LogP) is 2.78. The van der Waals surface area contributed by atoms with Gasteiger partial charge in [-0.3, -0.25) is 0 Å². The van der Waals surface area contributed by atoms with Gasteiger partial charge in [-0.25, -0.2) is 0 Å². The van der Waals surface area contributed by atoms with E-state index in [1.165, 1.54) is 6.42 Å². The topological polar surface area (TPSA) is 18.5 Å². The molecule has 0 fully saturated rings. The molecule has 2 heteroatoms. The first-order chi connectivity index (χ1) is 5.91. The molecule has 0 aromatic heterocycles. The molecule has 12 heavy (non-hydrogen) atoms. The maximum atomic E-state index is 5.28. The zero-order chi connectivity index (χ0) is 9.07. The van der Waals surface area contributed by atoms with Gasteiger partial charge in [-0.05, 0) is 19.3 Å². The first-order valence-electron chi connectivity index (χ1n) is 4.92. The predicted molar refractivity (Wildman–Crippen MR) is 50.9 cm³/mol. The average Bonchev–Trinajstić information content (AvgIpc) is 2.10. The van der Waals surface area contributed by atoms with E-state index in [1.54, 1.807) is 0 Å². The van der Waals surface area contributed by atoms with Crippen molar-refractivity contribution >= 4 is 0 Å². The Morgan fingerprint density at radius 1 is 1.00 bits per heavy atom. The lowest BCUT2D eigenvalue weighted by Crippen LogP contribution is -1.98. The molecule has 2 nitrogen and oxygen atoms in total. The zero-order valence-corrected chi connectivity index (χ0v) is 8.34. The SMILES string of the molecule is CCCCO[CH]CCOCCC. The van der Waals surface area contributed by atoms with E-state index in [1.807, 2.05) is 6.61 Å². The Morgan fingerprint density at radius 2 is 1.83 bits per heavy atom. The first-order valence-corrected chi connectivity index (χ1v) is 4.92. The Labute approximate surface area is 76.3 Å². The quantitative estimate of drug-likeness (QED) is 0.499. The van der Waals surface area contributed by atoms with Crippen molar-refractivity contribution in [1.29, 1.82) is 0 Å². The third-order valence-electron chi connectivity index (χ3n) is 1.46. The van der Waals surface area contributed by atoms with E-state index in [-0.39, 0.29) is 0 Å². The van der Waals surface area contributed by atoms with Gasteiger partial charge in [0.1, 0.15) is 0 Å². The van der Waals surface area contributed by atoms with Crippen LogP contribution in [0, 0.1) is 6.61 Å². The van der Waals surface area contributed by atoms with Crippen LogP contribution < -0.4 is 0 Å². The van der Waals surface area contributed by atoms with Crippen molar-refractivity contribution in [3.05, 3.63) is 6.61 Å². The maximum absolute atomic E-state index is 5.28. The van der Waals surface area contributed by atoms with Gasteiger partial charge < -0.3 is 9.47 Å². The monoisotopic (exact) mass is 173 g/mol. The molecule has 0 aromatic carbocycles. The molecule has 0 rings (SSSR count). The van der Waals surface area contributed by atoms with Crippen LogP contribution in [0.3, 0.4) is 0 Å². The van der Waals surface area contributed by atoms with E-state index >= 15 is 0 Å². The van der Waals surface area contributed by atoms with Gasteiger partial charge in [0.15, 0.2) is 0 Å². The van der Waals surface area contributed by atoms with E-state index in [2.05, 4.69) is 13.8 Å². The molecular formula is C10H21O2. The summed E-state index contributed by atoms with van der Waals surface area (Å²) in [7, 11) is 0. The van der Waals surface area contributed by atoms with Crippen LogP contribution in [0.15, 0.2) is 0 Å². The molecule has 0 aliphatic rings. The second-order valence-electron chi connectivity index (χ2n) is 2.79. The number of rotatable bonds is 9. The van der Waals surface area contributed by atoms with Crippen LogP contribution >= 0.6 is 0 Å². The van der Waals surface area contributed by atoms with Gasteiger partial charge in [0, 0.05) is 19.8 Å². The van der Waals surface area contributed by atoms with Gasteiger partial charge in [-0.1, -0.05) is 20.3 Å². The second-order valence-corrected chi connectivity index (χ2v) is 2.79. The Morgan fingerprint density at radius 3 is 2.50 bits per heavy atom. The van der Waals surface area contributed by atoms with Crippen LogP contribution in [-0.4, -0.2) is 19.8 Å². The lowest BCUT2D eigenvalue weighted by Gasteiger charge is -2.02. The van der Waals surface area contributed by atoms with Crippen LogP contribution in [0.2, 0.25) is 0 Å². The smallest absolute Gasteiger partial charge is 0.0859 e. The van der Waals surface area contributed by atoms with E-state index in [9.17, 15) is 0 Å². The van der Waals surface area contributed by atoms with Crippen molar-refractivity contribution in [2.45, 2.75) is 39.5 Å². The molecule has 0 atom stereocenters. The Hall–Kier alpha value is -0.0800. The Balaban J connectivity index is 2.73. The minimum Gasteiger partial charge on any atom is -0.381 e. The highest BCUT2D eigenvalue weighted by atomic mass is 16.5. The summed E-state index contributed by atoms with van der Waals surface area (Å²) in [6, 6.07) is 0. The molecule has 0 unspecified atom stereocenters. The largest absolute Gasteiger partial charge is 0.381 e. The standard InChI is InChI=1S/C10H21O2/c1-3-5-8-12-10-6-9-11-7-4-2/h10H,3-9H2,1-2H3. The normalized spacial score (nSPS) is 10.5. The highest BCUT2D eigenvalue weighted by Gasteiger charge is 1.89. The number of ether oxygens (including phenoxy) is 2. The van der Waals surface area contributed by atoms with Crippen molar-refractivity contribution in [3.8, 4) is 0 Å². The second kappa shape index (κ2) is 10.9. The fourth-order valence-corrected chi connectivity index (χ4v) is 0.772. The number of unbranched alkanes of at least 4 members (excludes halogenated alkanes) is 1. The molecule has 0 bridgehead atoms. The van der Waals surface area contributed by atoms with E-state index < -0.39 is 0 Å². The fourth-order valence-electron chi connectivity index (χ4n) is 0.772. The summed E-state index contributed by atoms with van der Waals surface area (Å²) in [6.45, 7) is 8.63. The van der Waals surface area contributed by atoms with Crippen LogP contribution in [-0.2, 0) is 9.47 Å². The van der Waals surface area contributed by atoms with Gasteiger partial charge in [-0.15, -0.1) is 0 Å². The molecule has 0 heterocycles. The van der Waals surface area contributed by atoms with Crippen LogP contribution in [0.4, 0.5) is 0 Å². The third-order valence-corrected chi connectivity index (χ3v) is 1.46. The van der Waals surface area contributed by atoms with E-state index in [0.29, 0.717) is 0 Å². The van der Waals surface area contributed by atoms with Gasteiger partial charge in [0.05, 0.1) is 6.61 Å². The minimum atomic E-state index is 0.792. The molecule has 0 spiro atoms. The highest BCUT2D eigenvalue weighted by molar-refractivity contribution is 4.49. The molecule has 73 valence electrons. The van der Waals surface area contributed by atoms with Crippen molar-refractivity contribution in [2.24, 2.45) is 0 Å². The summed E-state index contributed by atoms with van der Waals surface area (Å²) >= 11 is 0. The molecule has 1 radical (unpaired) electrons. The van der Waals surface area contributed by atoms with Gasteiger partial charge >= 0.3 is 0 Å². The van der Waals surface area contributed by atoms with Gasteiger partial charge in [0.25, 0.3) is 0 Å². The molecule has 0 amide bonds. The highest BCUT2D eigenvalue weighted by Crippen LogP contribution is 1.94. The minimum absolute atomic E-state index is 0.792. The molecule has 0 aliphatic carbocycles. The summed E-state index contributed by atoms with van der Waals surface area (Å²) in [5.41, 5.74) is 0. The molecular weight excluding hydrogens is 152 g/mol. The van der Waals surface area contributed by atoms with Crippen LogP contribution in [0.5, 0.6) is 0 Å². The number of hydrogen-bond acceptors (Lipinski definition) is 2. The summed E-state index contributed by atoms with van der Waals surface area (Å²) in [4.78, 5) is 0. The molecule has 0 saturated carbocycles. The maximum Gasteiger partial charge on any atom is 0.0859 e. The number of hydrogen-bond donors (Lipinski definition) is 0. The average molecular weight is 173 g/mol. The first kappa shape index (κ1) is 11.9. The Bertz CT molecular complexity index is 64.2. The van der Waals surface area contributed by atoms with Crippen molar-refractivity contribution in [1.82, 2.24) is 0 Å². The summed E-state index contributed by atoms with van der Waals surface area (Å²) in [5.74, 6) is 0. The Kier molecular flexibility index (Phi) is 10.8. The van der Waals surface area contributed by atoms with Crippen molar-refractivity contribution in [3.63, 3.8) is 0 Å². The lowest BCUT2D eigenvalue weighted by atomic mass is 10.4. The molecule has 0 aromatic rings. The van der Waals surface area contributed by atoms with Crippen molar-refractivity contribution < 1.29 is 9.47 Å². The summed E-state index contributed by atoms with van der Waals surface area (Å²) in [6.07, 6.45) is 4.34. The van der Waals surface area contributed by atoms with Crippen molar-refractivity contribution in [2.75, 3.05) is 19.8 Å². The zero-order valence-electron chi connectivity index (χ0n) is 8.34. The van der Waals surface area contributed by atoms with E-state index in [0.717, 1.165) is 39.1 Å². The van der Waals surface area contributed by atoms with Gasteiger partial charge in [0.2, 0.25) is 0 Å². The fraction of sp³-hybridized carbons (Fsp3) is 0.900. The summed E-state index contributed by atoms with van der Waals surface area (Å²) in [5, 5.41) is 0. The lowest BCUT2D eigenvalue weighted by molar-refractivity contribution is 0.112. The molecule has 0 saturated heterocycles. The summed E-state index contributed by atoms with van der Waals surface area (Å²) < 4.78 is 10.5. The van der Waals surface area contributed by atoms with Crippen LogP contribution in [0.1, 0.15) is 39.5 Å².